The minimum Gasteiger partial charge on any atom is -0.294 e. The van der Waals surface area contributed by atoms with Crippen LogP contribution < -0.4 is 0 Å². The average Bonchev–Trinajstić information content (AvgIpc) is 2.52. The lowest BCUT2D eigenvalue weighted by Crippen LogP contribution is -2.11. The molecule has 0 bridgehead atoms. The van der Waals surface area contributed by atoms with Gasteiger partial charge in [0.2, 0.25) is 0 Å². The summed E-state index contributed by atoms with van der Waals surface area (Å²) >= 11 is 0. The second kappa shape index (κ2) is 4.59. The van der Waals surface area contributed by atoms with Crippen LogP contribution in [-0.2, 0) is 4.79 Å². The molecule has 1 aliphatic rings. The molecule has 1 heteroatoms. The Hall–Kier alpha value is -0.590. The second-order valence-corrected chi connectivity index (χ2v) is 4.31. The van der Waals surface area contributed by atoms with Gasteiger partial charge < -0.3 is 0 Å². The maximum atomic E-state index is 11.6. The summed E-state index contributed by atoms with van der Waals surface area (Å²) in [4.78, 5) is 11.6. The number of allylic oxidation sites excluding steroid dienone is 1. The summed E-state index contributed by atoms with van der Waals surface area (Å²) in [6.45, 7) is 7.77. The van der Waals surface area contributed by atoms with Crippen molar-refractivity contribution in [1.82, 2.24) is 0 Å². The van der Waals surface area contributed by atoms with Gasteiger partial charge in [-0.15, -0.1) is 0 Å². The first-order valence-corrected chi connectivity index (χ1v) is 5.34. The van der Waals surface area contributed by atoms with Crippen LogP contribution in [0.3, 0.4) is 0 Å². The van der Waals surface area contributed by atoms with Crippen molar-refractivity contribution in [3.8, 4) is 0 Å². The Kier molecular flexibility index (Phi) is 3.71. The van der Waals surface area contributed by atoms with Crippen molar-refractivity contribution in [3.63, 3.8) is 0 Å². The average molecular weight is 180 g/mol. The van der Waals surface area contributed by atoms with E-state index in [9.17, 15) is 4.79 Å². The lowest BCUT2D eigenvalue weighted by atomic mass is 9.95. The van der Waals surface area contributed by atoms with Crippen molar-refractivity contribution < 1.29 is 4.79 Å². The fourth-order valence-corrected chi connectivity index (χ4v) is 2.33. The molecule has 0 aromatic rings. The van der Waals surface area contributed by atoms with E-state index >= 15 is 0 Å². The van der Waals surface area contributed by atoms with Gasteiger partial charge in [0.15, 0.2) is 5.78 Å². The zero-order valence-corrected chi connectivity index (χ0v) is 8.81. The summed E-state index contributed by atoms with van der Waals surface area (Å²) < 4.78 is 0. The highest BCUT2D eigenvalue weighted by molar-refractivity contribution is 5.96. The molecule has 2 atom stereocenters. The summed E-state index contributed by atoms with van der Waals surface area (Å²) in [7, 11) is 0. The van der Waals surface area contributed by atoms with Gasteiger partial charge in [-0.05, 0) is 37.7 Å². The molecule has 0 spiro atoms. The summed E-state index contributed by atoms with van der Waals surface area (Å²) in [6, 6.07) is 0. The zero-order valence-electron chi connectivity index (χ0n) is 8.81. The van der Waals surface area contributed by atoms with E-state index < -0.39 is 0 Å². The van der Waals surface area contributed by atoms with Gasteiger partial charge in [0.05, 0.1) is 0 Å². The minimum atomic E-state index is 0.300. The molecule has 74 valence electrons. The third kappa shape index (κ3) is 2.68. The smallest absolute Gasteiger partial charge is 0.161 e. The van der Waals surface area contributed by atoms with E-state index in [0.717, 1.165) is 24.3 Å². The quantitative estimate of drug-likeness (QED) is 0.606. The first-order valence-electron chi connectivity index (χ1n) is 5.34. The van der Waals surface area contributed by atoms with Crippen molar-refractivity contribution in [2.24, 2.45) is 11.8 Å². The van der Waals surface area contributed by atoms with Gasteiger partial charge in [-0.25, -0.2) is 0 Å². The fourth-order valence-electron chi connectivity index (χ4n) is 2.33. The molecular weight excluding hydrogens is 160 g/mol. The first-order chi connectivity index (χ1) is 6.15. The molecular formula is C12H20O. The van der Waals surface area contributed by atoms with Gasteiger partial charge in [0.1, 0.15) is 0 Å². The van der Waals surface area contributed by atoms with Crippen LogP contribution in [0, 0.1) is 11.8 Å². The van der Waals surface area contributed by atoms with Crippen LogP contribution in [-0.4, -0.2) is 5.78 Å². The minimum absolute atomic E-state index is 0.300. The fraction of sp³-hybridized carbons (Fsp3) is 0.750. The number of hydrogen-bond acceptors (Lipinski definition) is 1. The number of hydrogen-bond donors (Lipinski definition) is 0. The maximum absolute atomic E-state index is 11.6. The Morgan fingerprint density at radius 1 is 1.46 bits per heavy atom. The van der Waals surface area contributed by atoms with Crippen LogP contribution in [0.25, 0.3) is 0 Å². The molecule has 1 fully saturated rings. The van der Waals surface area contributed by atoms with Crippen LogP contribution >= 0.6 is 0 Å². The van der Waals surface area contributed by atoms with Crippen molar-refractivity contribution in [2.45, 2.75) is 46.0 Å². The molecule has 1 saturated carbocycles. The molecule has 0 heterocycles. The molecule has 0 N–H and O–H groups in total. The predicted molar refractivity (Wildman–Crippen MR) is 55.6 cm³/mol. The molecule has 0 amide bonds. The highest BCUT2D eigenvalue weighted by Crippen LogP contribution is 2.35. The van der Waals surface area contributed by atoms with Gasteiger partial charge >= 0.3 is 0 Å². The number of carbonyl (C=O) groups is 1. The Morgan fingerprint density at radius 2 is 2.15 bits per heavy atom. The van der Waals surface area contributed by atoms with Crippen molar-refractivity contribution in [1.29, 1.82) is 0 Å². The van der Waals surface area contributed by atoms with E-state index in [0.29, 0.717) is 11.7 Å². The predicted octanol–water partition coefficient (Wildman–Crippen LogP) is 3.35. The summed E-state index contributed by atoms with van der Waals surface area (Å²) in [5.41, 5.74) is 0.738. The van der Waals surface area contributed by atoms with E-state index in [1.807, 2.05) is 6.92 Å². The molecule has 0 saturated heterocycles. The second-order valence-electron chi connectivity index (χ2n) is 4.31. The molecule has 1 nitrogen and oxygen atoms in total. The maximum Gasteiger partial charge on any atom is 0.161 e. The third-order valence-electron chi connectivity index (χ3n) is 3.03. The van der Waals surface area contributed by atoms with Crippen molar-refractivity contribution in [3.05, 3.63) is 12.2 Å². The number of carbonyl (C=O) groups excluding carboxylic acids is 1. The molecule has 1 aliphatic carbocycles. The van der Waals surface area contributed by atoms with Gasteiger partial charge in [0, 0.05) is 5.92 Å². The Bertz CT molecular complexity index is 205. The van der Waals surface area contributed by atoms with E-state index in [1.165, 1.54) is 19.3 Å². The highest BCUT2D eigenvalue weighted by Gasteiger charge is 2.28. The van der Waals surface area contributed by atoms with Crippen LogP contribution in [0.4, 0.5) is 0 Å². The molecule has 0 aromatic heterocycles. The normalized spacial score (nSPS) is 27.5. The Labute approximate surface area is 81.2 Å². The Morgan fingerprint density at radius 3 is 2.69 bits per heavy atom. The molecule has 2 unspecified atom stereocenters. The molecule has 1 rings (SSSR count). The van der Waals surface area contributed by atoms with Gasteiger partial charge in [-0.2, -0.15) is 0 Å². The first kappa shape index (κ1) is 10.5. The van der Waals surface area contributed by atoms with Crippen LogP contribution in [0.5, 0.6) is 0 Å². The molecule has 0 aliphatic heterocycles. The summed E-state index contributed by atoms with van der Waals surface area (Å²) in [5.74, 6) is 1.41. The van der Waals surface area contributed by atoms with Crippen LogP contribution in [0.1, 0.15) is 46.0 Å². The van der Waals surface area contributed by atoms with Gasteiger partial charge in [0.25, 0.3) is 0 Å². The monoisotopic (exact) mass is 180 g/mol. The summed E-state index contributed by atoms with van der Waals surface area (Å²) in [5, 5.41) is 0. The number of rotatable bonds is 4. The topological polar surface area (TPSA) is 17.1 Å². The number of ketones is 1. The highest BCUT2D eigenvalue weighted by atomic mass is 16.1. The van der Waals surface area contributed by atoms with Crippen LogP contribution in [0.15, 0.2) is 12.2 Å². The van der Waals surface area contributed by atoms with Crippen molar-refractivity contribution >= 4 is 5.78 Å². The van der Waals surface area contributed by atoms with Gasteiger partial charge in [-0.3, -0.25) is 4.79 Å². The summed E-state index contributed by atoms with van der Waals surface area (Å²) in [6.07, 6.45) is 5.99. The lowest BCUT2D eigenvalue weighted by Gasteiger charge is -2.09. The third-order valence-corrected chi connectivity index (χ3v) is 3.03. The SMILES string of the molecule is C=C(C)C(=O)C1CCC(CCC)C1. The van der Waals surface area contributed by atoms with E-state index in [-0.39, 0.29) is 0 Å². The van der Waals surface area contributed by atoms with E-state index in [2.05, 4.69) is 13.5 Å². The molecule has 13 heavy (non-hydrogen) atoms. The van der Waals surface area contributed by atoms with Gasteiger partial charge in [-0.1, -0.05) is 26.3 Å². The Balaban J connectivity index is 2.40. The standard InChI is InChI=1S/C12H20O/c1-4-5-10-6-7-11(8-10)12(13)9(2)3/h10-11H,2,4-8H2,1,3H3. The molecule has 0 aromatic carbocycles. The largest absolute Gasteiger partial charge is 0.294 e. The van der Waals surface area contributed by atoms with E-state index in [4.69, 9.17) is 0 Å². The molecule has 0 radical (unpaired) electrons. The van der Waals surface area contributed by atoms with Crippen molar-refractivity contribution in [2.75, 3.05) is 0 Å². The number of Topliss-reactive ketones (excluding diaryl/α,β-unsaturated/α-hetero) is 1. The van der Waals surface area contributed by atoms with E-state index in [1.54, 1.807) is 0 Å². The zero-order chi connectivity index (χ0) is 9.84. The van der Waals surface area contributed by atoms with Crippen LogP contribution in [0.2, 0.25) is 0 Å². The lowest BCUT2D eigenvalue weighted by molar-refractivity contribution is -0.119.